The van der Waals surface area contributed by atoms with Crippen molar-refractivity contribution in [1.29, 1.82) is 0 Å². The van der Waals surface area contributed by atoms with Crippen LogP contribution in [0, 0.1) is 0 Å². The number of amides is 1. The van der Waals surface area contributed by atoms with Crippen LogP contribution in [0.3, 0.4) is 0 Å². The highest BCUT2D eigenvalue weighted by Gasteiger charge is 2.64. The van der Waals surface area contributed by atoms with Crippen molar-refractivity contribution in [3.8, 4) is 0 Å². The van der Waals surface area contributed by atoms with E-state index >= 15 is 0 Å². The summed E-state index contributed by atoms with van der Waals surface area (Å²) in [5, 5.41) is -0.128. The van der Waals surface area contributed by atoms with Crippen LogP contribution in [0.4, 0.5) is 0 Å². The summed E-state index contributed by atoms with van der Waals surface area (Å²) < 4.78 is 5.10. The number of thioether (sulfide) groups is 1. The number of carbonyl (C=O) groups is 2. The Balaban J connectivity index is 1.45. The molecule has 0 N–H and O–H groups in total. The first-order valence-electron chi connectivity index (χ1n) is 9.26. The van der Waals surface area contributed by atoms with Gasteiger partial charge in [0.05, 0.1) is 0 Å². The van der Waals surface area contributed by atoms with Gasteiger partial charge in [-0.05, 0) is 25.0 Å². The number of fused-ring (bicyclic) bond motifs is 1. The molecule has 6 heteroatoms. The molecule has 2 heterocycles. The molecular weight excluding hydrogens is 372 g/mol. The van der Waals surface area contributed by atoms with E-state index in [0.717, 1.165) is 11.1 Å². The molecule has 2 aliphatic heterocycles. The van der Waals surface area contributed by atoms with Gasteiger partial charge in [-0.1, -0.05) is 60.7 Å². The summed E-state index contributed by atoms with van der Waals surface area (Å²) in [7, 11) is 0. The second-order valence-electron chi connectivity index (χ2n) is 7.49. The van der Waals surface area contributed by atoms with E-state index in [2.05, 4.69) is 4.99 Å². The molecule has 2 aromatic carbocycles. The monoisotopic (exact) mass is 394 g/mol. The van der Waals surface area contributed by atoms with Gasteiger partial charge in [-0.15, -0.1) is 11.8 Å². The van der Waals surface area contributed by atoms with Crippen LogP contribution in [0.2, 0.25) is 0 Å². The molecule has 0 saturated carbocycles. The maximum Gasteiger partial charge on any atom is 0.330 e. The lowest BCUT2D eigenvalue weighted by Gasteiger charge is -2.41. The fourth-order valence-electron chi connectivity index (χ4n) is 3.62. The number of aliphatic imine (C=N–C) groups is 1. The summed E-state index contributed by atoms with van der Waals surface area (Å²) in [6, 6.07) is 18.2. The minimum Gasteiger partial charge on any atom is -0.459 e. The second kappa shape index (κ2) is 7.43. The molecule has 5 nitrogen and oxygen atoms in total. The Bertz CT molecular complexity index is 899. The summed E-state index contributed by atoms with van der Waals surface area (Å²) >= 11 is 1.61. The SMILES string of the molecule is CC1(C)S[C@@H]2C(/N=C/c3ccccc3)C(=O)N2[C@H]1C(=O)OCc1ccccc1. The quantitative estimate of drug-likeness (QED) is 0.444. The molecule has 0 aromatic heterocycles. The molecule has 0 aliphatic carbocycles. The lowest BCUT2D eigenvalue weighted by molar-refractivity contribution is -0.163. The van der Waals surface area contributed by atoms with Gasteiger partial charge in [0.1, 0.15) is 18.0 Å². The van der Waals surface area contributed by atoms with E-state index in [0.29, 0.717) is 0 Å². The first-order valence-corrected chi connectivity index (χ1v) is 10.1. The Morgan fingerprint density at radius 2 is 1.79 bits per heavy atom. The summed E-state index contributed by atoms with van der Waals surface area (Å²) in [6.07, 6.45) is 1.73. The van der Waals surface area contributed by atoms with E-state index in [1.54, 1.807) is 22.9 Å². The summed E-state index contributed by atoms with van der Waals surface area (Å²) in [5.74, 6) is -0.473. The smallest absolute Gasteiger partial charge is 0.330 e. The van der Waals surface area contributed by atoms with Crippen LogP contribution in [-0.2, 0) is 20.9 Å². The lowest BCUT2D eigenvalue weighted by atomic mass is 9.96. The topological polar surface area (TPSA) is 59.0 Å². The maximum atomic E-state index is 12.8. The van der Waals surface area contributed by atoms with Gasteiger partial charge in [0.2, 0.25) is 0 Å². The molecule has 0 spiro atoms. The molecule has 28 heavy (non-hydrogen) atoms. The van der Waals surface area contributed by atoms with Gasteiger partial charge in [-0.25, -0.2) is 4.79 Å². The highest BCUT2D eigenvalue weighted by Crippen LogP contribution is 2.51. The molecule has 0 bridgehead atoms. The van der Waals surface area contributed by atoms with Crippen molar-refractivity contribution in [2.75, 3.05) is 0 Å². The van der Waals surface area contributed by atoms with E-state index in [1.165, 1.54) is 0 Å². The number of β-lactam (4-membered cyclic amide) rings is 1. The van der Waals surface area contributed by atoms with Gasteiger partial charge < -0.3 is 9.64 Å². The number of nitrogens with zero attached hydrogens (tertiary/aromatic N) is 2. The van der Waals surface area contributed by atoms with E-state index in [9.17, 15) is 9.59 Å². The third kappa shape index (κ3) is 3.44. The molecule has 2 saturated heterocycles. The zero-order chi connectivity index (χ0) is 19.7. The van der Waals surface area contributed by atoms with Crippen LogP contribution in [-0.4, -0.2) is 45.2 Å². The third-order valence-corrected chi connectivity index (χ3v) is 6.60. The average Bonchev–Trinajstić information content (AvgIpc) is 2.95. The predicted octanol–water partition coefficient (Wildman–Crippen LogP) is 3.28. The van der Waals surface area contributed by atoms with Crippen molar-refractivity contribution in [3.05, 3.63) is 71.8 Å². The number of hydrogen-bond acceptors (Lipinski definition) is 5. The number of benzene rings is 2. The van der Waals surface area contributed by atoms with Crippen molar-refractivity contribution < 1.29 is 14.3 Å². The molecule has 0 radical (unpaired) electrons. The molecule has 4 rings (SSSR count). The lowest BCUT2D eigenvalue weighted by Crippen LogP contribution is -2.65. The molecule has 1 unspecified atom stereocenters. The van der Waals surface area contributed by atoms with Crippen LogP contribution in [0.1, 0.15) is 25.0 Å². The van der Waals surface area contributed by atoms with Gasteiger partial charge in [-0.3, -0.25) is 9.79 Å². The van der Waals surface area contributed by atoms with E-state index in [4.69, 9.17) is 4.74 Å². The zero-order valence-electron chi connectivity index (χ0n) is 15.8. The number of carbonyl (C=O) groups excluding carboxylic acids is 2. The van der Waals surface area contributed by atoms with Crippen LogP contribution in [0.25, 0.3) is 0 Å². The third-order valence-electron chi connectivity index (χ3n) is 5.04. The van der Waals surface area contributed by atoms with Crippen molar-refractivity contribution in [1.82, 2.24) is 4.90 Å². The number of ether oxygens (including phenoxy) is 1. The Kier molecular flexibility index (Phi) is 4.98. The normalized spacial score (nSPS) is 25.4. The van der Waals surface area contributed by atoms with Gasteiger partial charge in [0.15, 0.2) is 6.04 Å². The van der Waals surface area contributed by atoms with Crippen molar-refractivity contribution in [2.45, 2.75) is 42.7 Å². The van der Waals surface area contributed by atoms with E-state index in [1.807, 2.05) is 74.5 Å². The molecule has 144 valence electrons. The van der Waals surface area contributed by atoms with Crippen molar-refractivity contribution in [2.24, 2.45) is 4.99 Å². The second-order valence-corrected chi connectivity index (χ2v) is 9.26. The van der Waals surface area contributed by atoms with E-state index < -0.39 is 16.8 Å². The highest BCUT2D eigenvalue weighted by atomic mass is 32.2. The van der Waals surface area contributed by atoms with Crippen molar-refractivity contribution in [3.63, 3.8) is 0 Å². The largest absolute Gasteiger partial charge is 0.459 e. The fourth-order valence-corrected chi connectivity index (χ4v) is 5.24. The van der Waals surface area contributed by atoms with E-state index in [-0.39, 0.29) is 23.9 Å². The molecule has 2 aliphatic rings. The van der Waals surface area contributed by atoms with Gasteiger partial charge in [0.25, 0.3) is 5.91 Å². The van der Waals surface area contributed by atoms with Crippen molar-refractivity contribution >= 4 is 29.9 Å². The first kappa shape index (κ1) is 18.7. The van der Waals surface area contributed by atoms with Gasteiger partial charge in [0, 0.05) is 11.0 Å². The Hall–Kier alpha value is -2.60. The molecular formula is C22H22N2O3S. The Labute approximate surface area is 168 Å². The minimum atomic E-state index is -0.595. The molecule has 2 aromatic rings. The summed E-state index contributed by atoms with van der Waals surface area (Å²) in [5.41, 5.74) is 1.88. The Morgan fingerprint density at radius 3 is 2.46 bits per heavy atom. The predicted molar refractivity (Wildman–Crippen MR) is 110 cm³/mol. The van der Waals surface area contributed by atoms with Gasteiger partial charge in [-0.2, -0.15) is 0 Å². The summed E-state index contributed by atoms with van der Waals surface area (Å²) in [6.45, 7) is 4.17. The standard InChI is InChI=1S/C22H22N2O3S/c1-22(2)18(21(26)27-14-16-11-7-4-8-12-16)24-19(25)17(20(24)28-22)23-13-15-9-5-3-6-10-15/h3-13,17-18,20H,14H2,1-2H3/b23-13+/t17?,18-,20+/m0/s1. The van der Waals surface area contributed by atoms with Gasteiger partial charge >= 0.3 is 5.97 Å². The number of rotatable bonds is 5. The van der Waals surface area contributed by atoms with Crippen LogP contribution >= 0.6 is 11.8 Å². The molecule has 2 fully saturated rings. The fraction of sp³-hybridized carbons (Fsp3) is 0.318. The summed E-state index contributed by atoms with van der Waals surface area (Å²) in [4.78, 5) is 31.7. The average molecular weight is 394 g/mol. The number of hydrogen-bond donors (Lipinski definition) is 0. The molecule has 1 amide bonds. The first-order chi connectivity index (χ1) is 13.5. The maximum absolute atomic E-state index is 12.8. The minimum absolute atomic E-state index is 0.114. The Morgan fingerprint density at radius 1 is 1.14 bits per heavy atom. The highest BCUT2D eigenvalue weighted by molar-refractivity contribution is 8.01. The number of esters is 1. The molecule has 3 atom stereocenters. The zero-order valence-corrected chi connectivity index (χ0v) is 16.6. The van der Waals surface area contributed by atoms with Crippen LogP contribution in [0.15, 0.2) is 65.7 Å². The van der Waals surface area contributed by atoms with Crippen LogP contribution < -0.4 is 0 Å². The van der Waals surface area contributed by atoms with Crippen LogP contribution in [0.5, 0.6) is 0 Å².